The SMILES string of the molecule is Cc1cc(C)c(NC(=O)CCN(C2CC2)S(C)(=O)=O)c(C)c1. The molecule has 0 heterocycles. The van der Waals surface area contributed by atoms with Gasteiger partial charge in [0.05, 0.1) is 6.26 Å². The topological polar surface area (TPSA) is 66.5 Å². The fraction of sp³-hybridized carbons (Fsp3) is 0.562. The van der Waals surface area contributed by atoms with E-state index in [9.17, 15) is 13.2 Å². The van der Waals surface area contributed by atoms with Crippen molar-refractivity contribution in [1.29, 1.82) is 0 Å². The summed E-state index contributed by atoms with van der Waals surface area (Å²) in [5, 5.41) is 2.91. The molecule has 122 valence electrons. The van der Waals surface area contributed by atoms with Gasteiger partial charge >= 0.3 is 0 Å². The predicted octanol–water partition coefficient (Wildman–Crippen LogP) is 2.36. The Morgan fingerprint density at radius 1 is 1.23 bits per heavy atom. The summed E-state index contributed by atoms with van der Waals surface area (Å²) < 4.78 is 24.9. The quantitative estimate of drug-likeness (QED) is 0.873. The number of nitrogens with zero attached hydrogens (tertiary/aromatic N) is 1. The zero-order chi connectivity index (χ0) is 16.5. The smallest absolute Gasteiger partial charge is 0.225 e. The molecule has 1 aromatic carbocycles. The third-order valence-electron chi connectivity index (χ3n) is 3.88. The van der Waals surface area contributed by atoms with Gasteiger partial charge in [0.25, 0.3) is 0 Å². The number of hydrogen-bond donors (Lipinski definition) is 1. The first-order valence-corrected chi connectivity index (χ1v) is 9.38. The van der Waals surface area contributed by atoms with Crippen molar-refractivity contribution in [2.75, 3.05) is 18.1 Å². The van der Waals surface area contributed by atoms with E-state index in [1.807, 2.05) is 32.9 Å². The van der Waals surface area contributed by atoms with Crippen molar-refractivity contribution in [3.05, 3.63) is 28.8 Å². The van der Waals surface area contributed by atoms with Crippen LogP contribution in [0, 0.1) is 20.8 Å². The maximum atomic E-state index is 12.1. The lowest BCUT2D eigenvalue weighted by Crippen LogP contribution is -2.34. The average Bonchev–Trinajstić information content (AvgIpc) is 3.16. The van der Waals surface area contributed by atoms with Crippen molar-refractivity contribution < 1.29 is 13.2 Å². The first-order valence-electron chi connectivity index (χ1n) is 7.53. The van der Waals surface area contributed by atoms with Gasteiger partial charge < -0.3 is 5.32 Å². The Morgan fingerprint density at radius 2 is 1.77 bits per heavy atom. The molecule has 0 spiro atoms. The molecule has 0 atom stereocenters. The summed E-state index contributed by atoms with van der Waals surface area (Å²) in [6.07, 6.45) is 3.17. The molecule has 1 aliphatic rings. The Bertz CT molecular complexity index is 656. The second-order valence-corrected chi connectivity index (χ2v) is 8.11. The largest absolute Gasteiger partial charge is 0.326 e. The molecule has 0 bridgehead atoms. The number of hydrogen-bond acceptors (Lipinski definition) is 3. The Kier molecular flexibility index (Phi) is 4.92. The lowest BCUT2D eigenvalue weighted by Gasteiger charge is -2.19. The minimum atomic E-state index is -3.24. The maximum Gasteiger partial charge on any atom is 0.225 e. The van der Waals surface area contributed by atoms with Gasteiger partial charge in [-0.2, -0.15) is 4.31 Å². The van der Waals surface area contributed by atoms with Crippen LogP contribution in [0.2, 0.25) is 0 Å². The van der Waals surface area contributed by atoms with E-state index in [1.54, 1.807) is 0 Å². The summed E-state index contributed by atoms with van der Waals surface area (Å²) in [5.74, 6) is -0.149. The zero-order valence-electron chi connectivity index (χ0n) is 13.6. The number of sulfonamides is 1. The number of rotatable bonds is 6. The van der Waals surface area contributed by atoms with Crippen molar-refractivity contribution in [3.8, 4) is 0 Å². The summed E-state index contributed by atoms with van der Waals surface area (Å²) in [5.41, 5.74) is 4.03. The molecule has 1 aromatic rings. The number of nitrogens with one attached hydrogen (secondary N) is 1. The van der Waals surface area contributed by atoms with Crippen LogP contribution in [-0.2, 0) is 14.8 Å². The van der Waals surface area contributed by atoms with Crippen molar-refractivity contribution in [2.24, 2.45) is 0 Å². The highest BCUT2D eigenvalue weighted by atomic mass is 32.2. The van der Waals surface area contributed by atoms with E-state index < -0.39 is 10.0 Å². The van der Waals surface area contributed by atoms with Gasteiger partial charge in [-0.05, 0) is 44.7 Å². The van der Waals surface area contributed by atoms with Crippen LogP contribution in [0.3, 0.4) is 0 Å². The molecule has 1 N–H and O–H groups in total. The molecule has 1 aliphatic carbocycles. The molecule has 0 aromatic heterocycles. The molecule has 0 saturated heterocycles. The summed E-state index contributed by atoms with van der Waals surface area (Å²) in [7, 11) is -3.24. The average molecular weight is 324 g/mol. The van der Waals surface area contributed by atoms with Gasteiger partial charge in [-0.1, -0.05) is 17.7 Å². The van der Waals surface area contributed by atoms with Crippen molar-refractivity contribution in [1.82, 2.24) is 4.31 Å². The fourth-order valence-corrected chi connectivity index (χ4v) is 3.95. The van der Waals surface area contributed by atoms with Crippen LogP contribution in [0.25, 0.3) is 0 Å². The number of benzene rings is 1. The van der Waals surface area contributed by atoms with Gasteiger partial charge in [0.2, 0.25) is 15.9 Å². The summed E-state index contributed by atoms with van der Waals surface area (Å²) >= 11 is 0. The molecular formula is C16H24N2O3S. The maximum absolute atomic E-state index is 12.1. The third kappa shape index (κ3) is 4.30. The van der Waals surface area contributed by atoms with Crippen molar-refractivity contribution in [3.63, 3.8) is 0 Å². The summed E-state index contributed by atoms with van der Waals surface area (Å²) in [6, 6.07) is 4.14. The number of carbonyl (C=O) groups excluding carboxylic acids is 1. The van der Waals surface area contributed by atoms with Gasteiger partial charge in [-0.25, -0.2) is 8.42 Å². The van der Waals surface area contributed by atoms with Crippen LogP contribution in [0.4, 0.5) is 5.69 Å². The lowest BCUT2D eigenvalue weighted by atomic mass is 10.1. The first kappa shape index (κ1) is 17.0. The van der Waals surface area contributed by atoms with Crippen molar-refractivity contribution >= 4 is 21.6 Å². The molecule has 1 amide bonds. The lowest BCUT2D eigenvalue weighted by molar-refractivity contribution is -0.116. The monoisotopic (exact) mass is 324 g/mol. The molecule has 2 rings (SSSR count). The van der Waals surface area contributed by atoms with Gasteiger partial charge in [0.1, 0.15) is 0 Å². The molecule has 22 heavy (non-hydrogen) atoms. The van der Waals surface area contributed by atoms with Gasteiger partial charge in [0, 0.05) is 24.7 Å². The van der Waals surface area contributed by atoms with E-state index in [-0.39, 0.29) is 24.9 Å². The van der Waals surface area contributed by atoms with Crippen LogP contribution in [0.5, 0.6) is 0 Å². The minimum Gasteiger partial charge on any atom is -0.326 e. The van der Waals surface area contributed by atoms with E-state index in [0.717, 1.165) is 35.2 Å². The molecule has 1 fully saturated rings. The van der Waals surface area contributed by atoms with E-state index in [1.165, 1.54) is 10.6 Å². The number of anilines is 1. The fourth-order valence-electron chi connectivity index (χ4n) is 2.77. The highest BCUT2D eigenvalue weighted by Gasteiger charge is 2.34. The first-order chi connectivity index (χ1) is 10.2. The minimum absolute atomic E-state index is 0.0886. The number of carbonyl (C=O) groups is 1. The molecule has 0 aliphatic heterocycles. The van der Waals surface area contributed by atoms with Crippen LogP contribution in [0.15, 0.2) is 12.1 Å². The van der Waals surface area contributed by atoms with E-state index in [2.05, 4.69) is 5.32 Å². The second-order valence-electron chi connectivity index (χ2n) is 6.18. The van der Waals surface area contributed by atoms with E-state index >= 15 is 0 Å². The molecule has 0 unspecified atom stereocenters. The highest BCUT2D eigenvalue weighted by molar-refractivity contribution is 7.88. The Hall–Kier alpha value is -1.40. The summed E-state index contributed by atoms with van der Waals surface area (Å²) in [4.78, 5) is 12.1. The van der Waals surface area contributed by atoms with Gasteiger partial charge in [-0.3, -0.25) is 4.79 Å². The normalized spacial score (nSPS) is 15.1. The van der Waals surface area contributed by atoms with Crippen LogP contribution >= 0.6 is 0 Å². The van der Waals surface area contributed by atoms with Gasteiger partial charge in [0.15, 0.2) is 0 Å². The van der Waals surface area contributed by atoms with E-state index in [0.29, 0.717) is 0 Å². The standard InChI is InChI=1S/C16H24N2O3S/c1-11-9-12(2)16(13(3)10-11)17-15(19)7-8-18(14-5-6-14)22(4,20)21/h9-10,14H,5-8H2,1-4H3,(H,17,19). The molecule has 5 nitrogen and oxygen atoms in total. The Morgan fingerprint density at radius 3 is 2.23 bits per heavy atom. The second kappa shape index (κ2) is 6.38. The predicted molar refractivity (Wildman–Crippen MR) is 88.5 cm³/mol. The molecule has 6 heteroatoms. The third-order valence-corrected chi connectivity index (χ3v) is 5.21. The number of amides is 1. The Labute approximate surface area is 132 Å². The van der Waals surface area contributed by atoms with E-state index in [4.69, 9.17) is 0 Å². The highest BCUT2D eigenvalue weighted by Crippen LogP contribution is 2.29. The van der Waals surface area contributed by atoms with Crippen LogP contribution in [0.1, 0.15) is 36.0 Å². The number of aryl methyl sites for hydroxylation is 3. The van der Waals surface area contributed by atoms with Crippen molar-refractivity contribution in [2.45, 2.75) is 46.1 Å². The van der Waals surface area contributed by atoms with Gasteiger partial charge in [-0.15, -0.1) is 0 Å². The van der Waals surface area contributed by atoms with Crippen LogP contribution in [-0.4, -0.2) is 37.5 Å². The molecular weight excluding hydrogens is 300 g/mol. The zero-order valence-corrected chi connectivity index (χ0v) is 14.5. The molecule has 0 radical (unpaired) electrons. The summed E-state index contributed by atoms with van der Waals surface area (Å²) in [6.45, 7) is 6.19. The van der Waals surface area contributed by atoms with Crippen LogP contribution < -0.4 is 5.32 Å². The Balaban J connectivity index is 1.99. The molecule has 1 saturated carbocycles.